The highest BCUT2D eigenvalue weighted by Gasteiger charge is 2.41. The van der Waals surface area contributed by atoms with E-state index in [1.165, 1.54) is 12.3 Å². The predicted octanol–water partition coefficient (Wildman–Crippen LogP) is 5.65. The molecule has 0 spiro atoms. The van der Waals surface area contributed by atoms with E-state index in [1.54, 1.807) is 17.0 Å². The minimum absolute atomic E-state index is 0.0214. The van der Waals surface area contributed by atoms with Crippen molar-refractivity contribution in [1.82, 2.24) is 15.2 Å². The first-order chi connectivity index (χ1) is 18.7. The Balaban J connectivity index is 1.65. The molecule has 4 rings (SSSR count). The highest BCUT2D eigenvalue weighted by atomic mass is 32.2. The second-order valence-corrected chi connectivity index (χ2v) is 19.4. The molecule has 12 heteroatoms. The fourth-order valence-corrected chi connectivity index (χ4v) is 8.20. The zero-order valence-corrected chi connectivity index (χ0v) is 25.9. The molecule has 2 N–H and O–H groups in total. The van der Waals surface area contributed by atoms with Crippen molar-refractivity contribution in [1.29, 1.82) is 0 Å². The van der Waals surface area contributed by atoms with E-state index in [4.69, 9.17) is 9.53 Å². The topological polar surface area (TPSA) is 126 Å². The molecular formula is C28H35N3O6S2Si. The molecule has 0 aliphatic carbocycles. The number of hydrogen-bond acceptors (Lipinski definition) is 7. The first-order valence-corrected chi connectivity index (χ1v) is 18.2. The molecule has 2 heterocycles. The van der Waals surface area contributed by atoms with Gasteiger partial charge in [-0.1, -0.05) is 51.1 Å². The minimum Gasteiger partial charge on any atom is -0.465 e. The summed E-state index contributed by atoms with van der Waals surface area (Å²) in [5, 5.41) is 11.4. The number of benzene rings is 2. The van der Waals surface area contributed by atoms with Gasteiger partial charge in [0.2, 0.25) is 9.84 Å². The van der Waals surface area contributed by atoms with Gasteiger partial charge in [-0.2, -0.15) is 0 Å². The maximum Gasteiger partial charge on any atom is 0.405 e. The molecule has 2 aromatic carbocycles. The number of hydrogen-bond donors (Lipinski definition) is 2. The van der Waals surface area contributed by atoms with E-state index >= 15 is 0 Å². The van der Waals surface area contributed by atoms with Gasteiger partial charge in [-0.05, 0) is 53.9 Å². The number of carbonyl (C=O) groups is 2. The fraction of sp³-hybridized carbons (Fsp3) is 0.393. The first-order valence-electron chi connectivity index (χ1n) is 13.0. The lowest BCUT2D eigenvalue weighted by molar-refractivity contribution is 0.0768. The summed E-state index contributed by atoms with van der Waals surface area (Å²) in [5.41, 5.74) is 1.67. The van der Waals surface area contributed by atoms with Crippen molar-refractivity contribution in [2.75, 3.05) is 13.1 Å². The third-order valence-corrected chi connectivity index (χ3v) is 15.2. The van der Waals surface area contributed by atoms with Crippen molar-refractivity contribution in [3.05, 3.63) is 65.3 Å². The van der Waals surface area contributed by atoms with Gasteiger partial charge in [-0.25, -0.2) is 18.2 Å². The van der Waals surface area contributed by atoms with Gasteiger partial charge in [0.15, 0.2) is 8.32 Å². The Morgan fingerprint density at radius 1 is 1.15 bits per heavy atom. The lowest BCUT2D eigenvalue weighted by atomic mass is 10.0. The van der Waals surface area contributed by atoms with E-state index in [2.05, 4.69) is 44.2 Å². The average Bonchev–Trinajstić information content (AvgIpc) is 3.57. The summed E-state index contributed by atoms with van der Waals surface area (Å²) in [7, 11) is -6.03. The number of carbonyl (C=O) groups excluding carboxylic acids is 1. The van der Waals surface area contributed by atoms with Gasteiger partial charge in [-0.15, -0.1) is 11.3 Å². The second kappa shape index (κ2) is 11.4. The smallest absolute Gasteiger partial charge is 0.405 e. The molecule has 2 amide bonds. The van der Waals surface area contributed by atoms with Crippen LogP contribution in [0, 0.1) is 0 Å². The minimum atomic E-state index is -4.03. The zero-order chi connectivity index (χ0) is 29.3. The molecule has 1 aromatic heterocycles. The summed E-state index contributed by atoms with van der Waals surface area (Å²) in [4.78, 5) is 30.3. The number of sulfone groups is 1. The van der Waals surface area contributed by atoms with E-state index in [0.29, 0.717) is 23.7 Å². The molecule has 1 atom stereocenters. The van der Waals surface area contributed by atoms with E-state index < -0.39 is 24.2 Å². The van der Waals surface area contributed by atoms with Gasteiger partial charge in [0.05, 0.1) is 23.7 Å². The molecular weight excluding hydrogens is 567 g/mol. The SMILES string of the molecule is CC(C)(C)[Si](C)(C)OC1CCN(C(=O)c2cc(-c3ccccc3)cc(S(=O)(=O)c3cnc(CNC(=O)O)s3)c2)C1. The standard InChI is InChI=1S/C28H35N3O6S2Si/c1-28(2,3)40(4,5)37-22-11-12-31(18-22)26(32)21-13-20(19-9-7-6-8-10-19)14-23(15-21)39(35,36)25-17-29-24(38-25)16-30-27(33)34/h6-10,13-15,17,22,30H,11-12,16,18H2,1-5H3,(H,33,34). The molecule has 1 fully saturated rings. The van der Waals surface area contributed by atoms with Crippen LogP contribution in [0.15, 0.2) is 63.8 Å². The van der Waals surface area contributed by atoms with Crippen molar-refractivity contribution in [3.8, 4) is 11.1 Å². The van der Waals surface area contributed by atoms with Crippen LogP contribution in [0.5, 0.6) is 0 Å². The maximum absolute atomic E-state index is 13.7. The zero-order valence-electron chi connectivity index (χ0n) is 23.3. The molecule has 0 radical (unpaired) electrons. The van der Waals surface area contributed by atoms with Crippen molar-refractivity contribution in [2.45, 2.75) is 67.1 Å². The Kier molecular flexibility index (Phi) is 8.55. The summed E-state index contributed by atoms with van der Waals surface area (Å²) in [6, 6.07) is 14.0. The molecule has 1 unspecified atom stereocenters. The molecule has 214 valence electrons. The van der Waals surface area contributed by atoms with Crippen molar-refractivity contribution in [2.24, 2.45) is 0 Å². The highest BCUT2D eigenvalue weighted by molar-refractivity contribution is 7.93. The Labute approximate surface area is 240 Å². The number of rotatable bonds is 8. The predicted molar refractivity (Wildman–Crippen MR) is 157 cm³/mol. The second-order valence-electron chi connectivity index (χ2n) is 11.4. The Morgan fingerprint density at radius 2 is 1.85 bits per heavy atom. The fourth-order valence-electron chi connectivity index (χ4n) is 4.23. The summed E-state index contributed by atoms with van der Waals surface area (Å²) in [5.74, 6) is -0.244. The maximum atomic E-state index is 13.7. The third kappa shape index (κ3) is 6.62. The van der Waals surface area contributed by atoms with E-state index in [0.717, 1.165) is 23.3 Å². The highest BCUT2D eigenvalue weighted by Crippen LogP contribution is 2.38. The van der Waals surface area contributed by atoms with Gasteiger partial charge in [-0.3, -0.25) is 4.79 Å². The van der Waals surface area contributed by atoms with Crippen molar-refractivity contribution >= 4 is 41.5 Å². The van der Waals surface area contributed by atoms with E-state index in [1.807, 2.05) is 30.3 Å². The number of thiazole rings is 1. The van der Waals surface area contributed by atoms with Gasteiger partial charge < -0.3 is 19.7 Å². The summed E-state index contributed by atoms with van der Waals surface area (Å²) >= 11 is 0.892. The number of nitrogens with one attached hydrogen (secondary N) is 1. The molecule has 0 bridgehead atoms. The molecule has 40 heavy (non-hydrogen) atoms. The van der Waals surface area contributed by atoms with Gasteiger partial charge in [0.1, 0.15) is 9.22 Å². The van der Waals surface area contributed by atoms with Gasteiger partial charge >= 0.3 is 6.09 Å². The number of carboxylic acid groups (broad SMARTS) is 1. The molecule has 0 saturated carbocycles. The van der Waals surface area contributed by atoms with Crippen LogP contribution in [0.4, 0.5) is 4.79 Å². The lowest BCUT2D eigenvalue weighted by Gasteiger charge is -2.38. The lowest BCUT2D eigenvalue weighted by Crippen LogP contribution is -2.44. The Hall–Kier alpha value is -3.06. The van der Waals surface area contributed by atoms with Gasteiger partial charge in [0, 0.05) is 18.7 Å². The Bertz CT molecular complexity index is 1500. The molecule has 1 aliphatic heterocycles. The number of amides is 2. The van der Waals surface area contributed by atoms with Crippen molar-refractivity contribution < 1.29 is 27.5 Å². The monoisotopic (exact) mass is 601 g/mol. The number of aromatic nitrogens is 1. The van der Waals surface area contributed by atoms with E-state index in [9.17, 15) is 18.0 Å². The van der Waals surface area contributed by atoms with Crippen LogP contribution >= 0.6 is 11.3 Å². The quantitative estimate of drug-likeness (QED) is 0.320. The number of likely N-dealkylation sites (tertiary alicyclic amines) is 1. The van der Waals surface area contributed by atoms with Crippen LogP contribution in [0.3, 0.4) is 0 Å². The summed E-state index contributed by atoms with van der Waals surface area (Å²) in [6.07, 6.45) is 0.673. The normalized spacial score (nSPS) is 16.2. The van der Waals surface area contributed by atoms with Crippen LogP contribution in [-0.2, 0) is 20.8 Å². The first kappa shape index (κ1) is 29.9. The van der Waals surface area contributed by atoms with Gasteiger partial charge in [0.25, 0.3) is 5.91 Å². The third-order valence-electron chi connectivity index (χ3n) is 7.46. The summed E-state index contributed by atoms with van der Waals surface area (Å²) < 4.78 is 33.8. The molecule has 3 aromatic rings. The average molecular weight is 602 g/mol. The summed E-state index contributed by atoms with van der Waals surface area (Å²) in [6.45, 7) is 11.8. The van der Waals surface area contributed by atoms with E-state index in [-0.39, 0.29) is 38.3 Å². The molecule has 1 aliphatic rings. The van der Waals surface area contributed by atoms with Crippen LogP contribution in [-0.4, -0.2) is 62.9 Å². The van der Waals surface area contributed by atoms with Crippen LogP contribution in [0.2, 0.25) is 18.1 Å². The number of nitrogens with zero attached hydrogens (tertiary/aromatic N) is 2. The molecule has 9 nitrogen and oxygen atoms in total. The van der Waals surface area contributed by atoms with Crippen molar-refractivity contribution in [3.63, 3.8) is 0 Å². The van der Waals surface area contributed by atoms with Crippen LogP contribution in [0.25, 0.3) is 11.1 Å². The van der Waals surface area contributed by atoms with Crippen LogP contribution in [0.1, 0.15) is 42.6 Å². The Morgan fingerprint density at radius 3 is 2.50 bits per heavy atom. The largest absolute Gasteiger partial charge is 0.465 e. The van der Waals surface area contributed by atoms with Crippen LogP contribution < -0.4 is 5.32 Å². The molecule has 1 saturated heterocycles.